The number of hydrogen-bond donors (Lipinski definition) is 1. The zero-order chi connectivity index (χ0) is 21.9. The van der Waals surface area contributed by atoms with Gasteiger partial charge in [0, 0.05) is 40.3 Å². The van der Waals surface area contributed by atoms with Gasteiger partial charge in [0.25, 0.3) is 0 Å². The number of ether oxygens (including phenoxy) is 2. The third-order valence-electron chi connectivity index (χ3n) is 4.56. The topological polar surface area (TPSA) is 85.8 Å². The van der Waals surface area contributed by atoms with E-state index in [2.05, 4.69) is 40.8 Å². The fourth-order valence-corrected chi connectivity index (χ4v) is 3.40. The lowest BCUT2D eigenvalue weighted by atomic mass is 10.2. The Balaban J connectivity index is 1.51. The minimum atomic E-state index is -0.327. The van der Waals surface area contributed by atoms with Crippen LogP contribution in [-0.4, -0.2) is 24.9 Å². The van der Waals surface area contributed by atoms with Crippen LogP contribution in [-0.2, 0) is 6.61 Å². The molecule has 0 radical (unpaired) electrons. The smallest absolute Gasteiger partial charge is 0.321 e. The van der Waals surface area contributed by atoms with E-state index in [1.54, 1.807) is 61.1 Å². The summed E-state index contributed by atoms with van der Waals surface area (Å²) in [5.74, 6) is 1.19. The second-order valence-electron chi connectivity index (χ2n) is 6.81. The third-order valence-corrected chi connectivity index (χ3v) is 4.99. The van der Waals surface area contributed by atoms with E-state index in [4.69, 9.17) is 9.47 Å². The van der Waals surface area contributed by atoms with Crippen LogP contribution in [0.15, 0.2) is 77.7 Å². The SMILES string of the molecule is Fc1ccccc1COc1cc(Oc2ncccn2)cc(-c2nc3cc(Br)cnc3[nH]2)c1. The Bertz CT molecular complexity index is 1390. The van der Waals surface area contributed by atoms with Crippen LogP contribution < -0.4 is 9.47 Å². The lowest BCUT2D eigenvalue weighted by Gasteiger charge is -2.11. The molecular formula is C23H15BrFN5O2. The van der Waals surface area contributed by atoms with E-state index in [0.717, 1.165) is 4.47 Å². The normalized spacial score (nSPS) is 10.9. The zero-order valence-electron chi connectivity index (χ0n) is 16.5. The Morgan fingerprint density at radius 3 is 2.59 bits per heavy atom. The highest BCUT2D eigenvalue weighted by atomic mass is 79.9. The van der Waals surface area contributed by atoms with Crippen LogP contribution in [0.25, 0.3) is 22.6 Å². The number of rotatable bonds is 6. The minimum absolute atomic E-state index is 0.0615. The van der Waals surface area contributed by atoms with Crippen molar-refractivity contribution in [3.05, 3.63) is 89.0 Å². The molecule has 0 aliphatic carbocycles. The summed E-state index contributed by atoms with van der Waals surface area (Å²) in [4.78, 5) is 20.3. The molecule has 0 bridgehead atoms. The number of H-pyrrole nitrogens is 1. The lowest BCUT2D eigenvalue weighted by molar-refractivity contribution is 0.298. The number of pyridine rings is 1. The third kappa shape index (κ3) is 4.42. The maximum Gasteiger partial charge on any atom is 0.321 e. The lowest BCUT2D eigenvalue weighted by Crippen LogP contribution is -1.99. The van der Waals surface area contributed by atoms with Crippen LogP contribution in [0.4, 0.5) is 4.39 Å². The number of hydrogen-bond acceptors (Lipinski definition) is 6. The van der Waals surface area contributed by atoms with E-state index < -0.39 is 0 Å². The van der Waals surface area contributed by atoms with Crippen LogP contribution in [0, 0.1) is 5.82 Å². The molecule has 7 nitrogen and oxygen atoms in total. The van der Waals surface area contributed by atoms with Crippen LogP contribution in [0.3, 0.4) is 0 Å². The quantitative estimate of drug-likeness (QED) is 0.328. The van der Waals surface area contributed by atoms with Crippen LogP contribution in [0.1, 0.15) is 5.56 Å². The molecule has 9 heteroatoms. The molecule has 1 N–H and O–H groups in total. The molecule has 0 unspecified atom stereocenters. The van der Waals surface area contributed by atoms with Crippen molar-refractivity contribution in [1.82, 2.24) is 24.9 Å². The highest BCUT2D eigenvalue weighted by Gasteiger charge is 2.12. The summed E-state index contributed by atoms with van der Waals surface area (Å²) in [5, 5.41) is 0. The average Bonchev–Trinajstić information content (AvgIpc) is 3.22. The van der Waals surface area contributed by atoms with Gasteiger partial charge in [-0.1, -0.05) is 18.2 Å². The van der Waals surface area contributed by atoms with Crippen molar-refractivity contribution >= 4 is 27.1 Å². The monoisotopic (exact) mass is 491 g/mol. The van der Waals surface area contributed by atoms with Crippen molar-refractivity contribution in [3.63, 3.8) is 0 Å². The number of aromatic amines is 1. The summed E-state index contributed by atoms with van der Waals surface area (Å²) in [6, 6.07) is 15.5. The molecule has 5 aromatic rings. The summed E-state index contributed by atoms with van der Waals surface area (Å²) in [5.41, 5.74) is 2.51. The molecule has 0 atom stereocenters. The first-order valence-corrected chi connectivity index (χ1v) is 10.4. The van der Waals surface area contributed by atoms with E-state index in [1.165, 1.54) is 6.07 Å². The number of nitrogens with zero attached hydrogens (tertiary/aromatic N) is 4. The highest BCUT2D eigenvalue weighted by molar-refractivity contribution is 9.10. The number of benzene rings is 2. The predicted molar refractivity (Wildman–Crippen MR) is 120 cm³/mol. The standard InChI is InChI=1S/C23H15BrFN5O2/c24-16-10-20-22(28-12-16)30-21(29-20)15-8-17(31-13-14-4-1-2-5-19(14)25)11-18(9-15)32-23-26-6-3-7-27-23/h1-12H,13H2,(H,28,29,30). The van der Waals surface area contributed by atoms with Gasteiger partial charge in [-0.15, -0.1) is 0 Å². The molecular weight excluding hydrogens is 477 g/mol. The average molecular weight is 492 g/mol. The minimum Gasteiger partial charge on any atom is -0.489 e. The van der Waals surface area contributed by atoms with Crippen molar-refractivity contribution < 1.29 is 13.9 Å². The van der Waals surface area contributed by atoms with Crippen molar-refractivity contribution in [3.8, 4) is 28.9 Å². The van der Waals surface area contributed by atoms with Crippen molar-refractivity contribution in [1.29, 1.82) is 0 Å². The summed E-state index contributed by atoms with van der Waals surface area (Å²) >= 11 is 3.41. The van der Waals surface area contributed by atoms with Gasteiger partial charge in [0.1, 0.15) is 35.3 Å². The molecule has 158 valence electrons. The largest absolute Gasteiger partial charge is 0.489 e. The van der Waals surface area contributed by atoms with E-state index in [9.17, 15) is 4.39 Å². The molecule has 0 fully saturated rings. The summed E-state index contributed by atoms with van der Waals surface area (Å²) in [6.07, 6.45) is 4.87. The Morgan fingerprint density at radius 1 is 0.938 bits per heavy atom. The summed E-state index contributed by atoms with van der Waals surface area (Å²) in [6.45, 7) is 0.0615. The maximum atomic E-state index is 14.0. The molecule has 3 aromatic heterocycles. The number of imidazole rings is 1. The van der Waals surface area contributed by atoms with Gasteiger partial charge >= 0.3 is 6.01 Å². The number of aromatic nitrogens is 5. The maximum absolute atomic E-state index is 14.0. The molecule has 0 spiro atoms. The van der Waals surface area contributed by atoms with Gasteiger partial charge in [0.2, 0.25) is 0 Å². The van der Waals surface area contributed by atoms with Gasteiger partial charge < -0.3 is 14.5 Å². The summed E-state index contributed by atoms with van der Waals surface area (Å²) in [7, 11) is 0. The molecule has 0 saturated carbocycles. The van der Waals surface area contributed by atoms with Crippen molar-refractivity contribution in [2.24, 2.45) is 0 Å². The number of halogens is 2. The molecule has 32 heavy (non-hydrogen) atoms. The first-order valence-electron chi connectivity index (χ1n) is 9.62. The van der Waals surface area contributed by atoms with E-state index in [-0.39, 0.29) is 18.4 Å². The molecule has 0 amide bonds. The Hall–Kier alpha value is -3.85. The molecule has 3 heterocycles. The summed E-state index contributed by atoms with van der Waals surface area (Å²) < 4.78 is 26.5. The zero-order valence-corrected chi connectivity index (χ0v) is 18.1. The molecule has 5 rings (SSSR count). The van der Waals surface area contributed by atoms with E-state index in [1.807, 2.05) is 6.07 Å². The van der Waals surface area contributed by atoms with Crippen LogP contribution in [0.5, 0.6) is 17.5 Å². The van der Waals surface area contributed by atoms with Gasteiger partial charge in [-0.05, 0) is 46.3 Å². The molecule has 0 aliphatic rings. The first-order chi connectivity index (χ1) is 15.6. The second-order valence-corrected chi connectivity index (χ2v) is 7.73. The molecule has 0 aliphatic heterocycles. The van der Waals surface area contributed by atoms with Crippen molar-refractivity contribution in [2.45, 2.75) is 6.61 Å². The molecule has 2 aromatic carbocycles. The highest BCUT2D eigenvalue weighted by Crippen LogP contribution is 2.32. The molecule has 0 saturated heterocycles. The van der Waals surface area contributed by atoms with Gasteiger partial charge in [0.05, 0.1) is 0 Å². The second kappa shape index (κ2) is 8.72. The number of fused-ring (bicyclic) bond motifs is 1. The fourth-order valence-electron chi connectivity index (χ4n) is 3.08. The van der Waals surface area contributed by atoms with Gasteiger partial charge in [-0.2, -0.15) is 0 Å². The predicted octanol–water partition coefficient (Wildman–Crippen LogP) is 5.69. The number of nitrogens with one attached hydrogen (secondary N) is 1. The van der Waals surface area contributed by atoms with Gasteiger partial charge in [0.15, 0.2) is 5.65 Å². The van der Waals surface area contributed by atoms with E-state index >= 15 is 0 Å². The fraction of sp³-hybridized carbons (Fsp3) is 0.0435. The Kier molecular flexibility index (Phi) is 5.47. The van der Waals surface area contributed by atoms with Crippen LogP contribution >= 0.6 is 15.9 Å². The van der Waals surface area contributed by atoms with Crippen LogP contribution in [0.2, 0.25) is 0 Å². The van der Waals surface area contributed by atoms with E-state index in [0.29, 0.717) is 39.6 Å². The van der Waals surface area contributed by atoms with Crippen molar-refractivity contribution in [2.75, 3.05) is 0 Å². The first kappa shape index (κ1) is 20.1. The Labute approximate surface area is 190 Å². The van der Waals surface area contributed by atoms with Gasteiger partial charge in [-0.25, -0.2) is 24.3 Å². The van der Waals surface area contributed by atoms with Gasteiger partial charge in [-0.3, -0.25) is 0 Å². The Morgan fingerprint density at radius 2 is 1.75 bits per heavy atom.